The average molecular weight is 240 g/mol. The van der Waals surface area contributed by atoms with Crippen LogP contribution in [-0.4, -0.2) is 4.98 Å². The first-order valence-corrected chi connectivity index (χ1v) is 5.57. The Kier molecular flexibility index (Phi) is 3.26. The van der Waals surface area contributed by atoms with Gasteiger partial charge in [0, 0.05) is 30.1 Å². The Balaban J connectivity index is 2.19. The second-order valence-corrected chi connectivity index (χ2v) is 4.58. The standard InChI is InChI=1S/C11H10F2N2S/c12-8-1-7(2-9(13)4-8)3-11-15-6-10(5-14)16-11/h1-2,4,6H,3,5,14H2. The second-order valence-electron chi connectivity index (χ2n) is 3.38. The van der Waals surface area contributed by atoms with Gasteiger partial charge in [0.25, 0.3) is 0 Å². The SMILES string of the molecule is NCc1cnc(Cc2cc(F)cc(F)c2)s1. The van der Waals surface area contributed by atoms with Crippen LogP contribution in [0.2, 0.25) is 0 Å². The van der Waals surface area contributed by atoms with Gasteiger partial charge in [0.15, 0.2) is 0 Å². The number of halogens is 2. The van der Waals surface area contributed by atoms with E-state index in [4.69, 9.17) is 5.73 Å². The van der Waals surface area contributed by atoms with E-state index in [1.165, 1.54) is 23.5 Å². The number of nitrogens with two attached hydrogens (primary N) is 1. The van der Waals surface area contributed by atoms with E-state index in [2.05, 4.69) is 4.98 Å². The zero-order valence-corrected chi connectivity index (χ0v) is 9.23. The van der Waals surface area contributed by atoms with Crippen molar-refractivity contribution in [2.45, 2.75) is 13.0 Å². The molecule has 2 rings (SSSR count). The molecule has 0 saturated carbocycles. The quantitative estimate of drug-likeness (QED) is 0.895. The minimum Gasteiger partial charge on any atom is -0.326 e. The molecule has 5 heteroatoms. The topological polar surface area (TPSA) is 38.9 Å². The van der Waals surface area contributed by atoms with Gasteiger partial charge in [-0.25, -0.2) is 13.8 Å². The molecule has 16 heavy (non-hydrogen) atoms. The van der Waals surface area contributed by atoms with E-state index >= 15 is 0 Å². The van der Waals surface area contributed by atoms with E-state index in [-0.39, 0.29) is 0 Å². The highest BCUT2D eigenvalue weighted by atomic mass is 32.1. The molecular formula is C11H10F2N2S. The summed E-state index contributed by atoms with van der Waals surface area (Å²) in [5.74, 6) is -1.13. The molecule has 0 fully saturated rings. The number of rotatable bonds is 3. The van der Waals surface area contributed by atoms with Gasteiger partial charge in [-0.1, -0.05) is 0 Å². The molecule has 0 unspecified atom stereocenters. The van der Waals surface area contributed by atoms with Crippen molar-refractivity contribution in [1.82, 2.24) is 4.98 Å². The third kappa shape index (κ3) is 2.62. The molecular weight excluding hydrogens is 230 g/mol. The first-order chi connectivity index (χ1) is 7.67. The van der Waals surface area contributed by atoms with Crippen molar-refractivity contribution in [3.63, 3.8) is 0 Å². The summed E-state index contributed by atoms with van der Waals surface area (Å²) in [6, 6.07) is 3.48. The third-order valence-electron chi connectivity index (χ3n) is 2.08. The van der Waals surface area contributed by atoms with E-state index in [1.807, 2.05) is 0 Å². The van der Waals surface area contributed by atoms with Crippen LogP contribution in [0.15, 0.2) is 24.4 Å². The Morgan fingerprint density at radius 1 is 1.19 bits per heavy atom. The van der Waals surface area contributed by atoms with Crippen LogP contribution in [0.5, 0.6) is 0 Å². The minimum atomic E-state index is -0.564. The van der Waals surface area contributed by atoms with E-state index < -0.39 is 11.6 Å². The fourth-order valence-electron chi connectivity index (χ4n) is 1.41. The molecule has 0 saturated heterocycles. The van der Waals surface area contributed by atoms with Gasteiger partial charge in [-0.15, -0.1) is 11.3 Å². The van der Waals surface area contributed by atoms with Crippen LogP contribution < -0.4 is 5.73 Å². The molecule has 0 aliphatic heterocycles. The van der Waals surface area contributed by atoms with Crippen LogP contribution in [0.1, 0.15) is 15.4 Å². The Labute approximate surface area is 95.7 Å². The van der Waals surface area contributed by atoms with Crippen LogP contribution in [-0.2, 0) is 13.0 Å². The Morgan fingerprint density at radius 3 is 2.44 bits per heavy atom. The lowest BCUT2D eigenvalue weighted by molar-refractivity contribution is 0.580. The maximum atomic E-state index is 12.9. The molecule has 1 heterocycles. The summed E-state index contributed by atoms with van der Waals surface area (Å²) in [6.45, 7) is 0.440. The highest BCUT2D eigenvalue weighted by molar-refractivity contribution is 7.11. The van der Waals surface area contributed by atoms with Crippen LogP contribution >= 0.6 is 11.3 Å². The van der Waals surface area contributed by atoms with E-state index in [0.29, 0.717) is 18.5 Å². The minimum absolute atomic E-state index is 0.430. The van der Waals surface area contributed by atoms with Crippen molar-refractivity contribution in [2.75, 3.05) is 0 Å². The second kappa shape index (κ2) is 4.67. The molecule has 0 amide bonds. The Hall–Kier alpha value is -1.33. The summed E-state index contributed by atoms with van der Waals surface area (Å²) in [4.78, 5) is 5.10. The molecule has 2 N–H and O–H groups in total. The zero-order chi connectivity index (χ0) is 11.5. The van der Waals surface area contributed by atoms with Crippen molar-refractivity contribution in [1.29, 1.82) is 0 Å². The number of benzene rings is 1. The van der Waals surface area contributed by atoms with Gasteiger partial charge < -0.3 is 5.73 Å². The highest BCUT2D eigenvalue weighted by Crippen LogP contribution is 2.17. The van der Waals surface area contributed by atoms with Crippen molar-refractivity contribution >= 4 is 11.3 Å². The lowest BCUT2D eigenvalue weighted by Gasteiger charge is -1.98. The maximum absolute atomic E-state index is 12.9. The summed E-state index contributed by atoms with van der Waals surface area (Å²) in [7, 11) is 0. The van der Waals surface area contributed by atoms with Gasteiger partial charge in [0.05, 0.1) is 5.01 Å². The number of thiazole rings is 1. The molecule has 0 radical (unpaired) electrons. The highest BCUT2D eigenvalue weighted by Gasteiger charge is 2.05. The molecule has 2 nitrogen and oxygen atoms in total. The zero-order valence-electron chi connectivity index (χ0n) is 8.41. The molecule has 0 spiro atoms. The molecule has 2 aromatic rings. The van der Waals surface area contributed by atoms with Gasteiger partial charge in [-0.3, -0.25) is 0 Å². The van der Waals surface area contributed by atoms with E-state index in [0.717, 1.165) is 16.0 Å². The van der Waals surface area contributed by atoms with Gasteiger partial charge >= 0.3 is 0 Å². The molecule has 0 bridgehead atoms. The Bertz CT molecular complexity index is 476. The smallest absolute Gasteiger partial charge is 0.126 e. The fourth-order valence-corrected chi connectivity index (χ4v) is 2.25. The summed E-state index contributed by atoms with van der Waals surface area (Å²) < 4.78 is 25.9. The largest absolute Gasteiger partial charge is 0.326 e. The molecule has 0 aliphatic carbocycles. The number of nitrogens with zero attached hydrogens (tertiary/aromatic N) is 1. The van der Waals surface area contributed by atoms with Gasteiger partial charge in [0.2, 0.25) is 0 Å². The summed E-state index contributed by atoms with van der Waals surface area (Å²) in [6.07, 6.45) is 2.12. The third-order valence-corrected chi connectivity index (χ3v) is 3.10. The lowest BCUT2D eigenvalue weighted by Crippen LogP contribution is -1.91. The lowest BCUT2D eigenvalue weighted by atomic mass is 10.1. The van der Waals surface area contributed by atoms with Crippen LogP contribution in [0, 0.1) is 11.6 Å². The van der Waals surface area contributed by atoms with E-state index in [9.17, 15) is 8.78 Å². The van der Waals surface area contributed by atoms with Crippen molar-refractivity contribution < 1.29 is 8.78 Å². The fraction of sp³-hybridized carbons (Fsp3) is 0.182. The normalized spacial score (nSPS) is 10.7. The van der Waals surface area contributed by atoms with Crippen molar-refractivity contribution in [3.05, 3.63) is 51.5 Å². The van der Waals surface area contributed by atoms with Crippen LogP contribution in [0.3, 0.4) is 0 Å². The predicted octanol–water partition coefficient (Wildman–Crippen LogP) is 2.47. The first-order valence-electron chi connectivity index (χ1n) is 4.76. The summed E-state index contributed by atoms with van der Waals surface area (Å²) in [5.41, 5.74) is 6.03. The van der Waals surface area contributed by atoms with E-state index in [1.54, 1.807) is 6.20 Å². The van der Waals surface area contributed by atoms with Crippen LogP contribution in [0.25, 0.3) is 0 Å². The van der Waals surface area contributed by atoms with Gasteiger partial charge in [-0.05, 0) is 17.7 Å². The molecule has 0 atom stereocenters. The monoisotopic (exact) mass is 240 g/mol. The number of aromatic nitrogens is 1. The van der Waals surface area contributed by atoms with Crippen LogP contribution in [0.4, 0.5) is 8.78 Å². The molecule has 1 aromatic heterocycles. The molecule has 1 aromatic carbocycles. The predicted molar refractivity (Wildman–Crippen MR) is 59.2 cm³/mol. The van der Waals surface area contributed by atoms with Gasteiger partial charge in [-0.2, -0.15) is 0 Å². The summed E-state index contributed by atoms with van der Waals surface area (Å²) >= 11 is 1.46. The average Bonchev–Trinajstić information content (AvgIpc) is 2.64. The molecule has 84 valence electrons. The molecule has 0 aliphatic rings. The first kappa shape index (κ1) is 11.2. The number of hydrogen-bond acceptors (Lipinski definition) is 3. The maximum Gasteiger partial charge on any atom is 0.126 e. The van der Waals surface area contributed by atoms with Crippen molar-refractivity contribution in [3.8, 4) is 0 Å². The summed E-state index contributed by atoms with van der Waals surface area (Å²) in [5, 5.41) is 0.811. The van der Waals surface area contributed by atoms with Crippen molar-refractivity contribution in [2.24, 2.45) is 5.73 Å². The number of hydrogen-bond donors (Lipinski definition) is 1. The van der Waals surface area contributed by atoms with Gasteiger partial charge in [0.1, 0.15) is 11.6 Å². The Morgan fingerprint density at radius 2 is 1.88 bits per heavy atom.